The van der Waals surface area contributed by atoms with E-state index in [1.54, 1.807) is 10.6 Å². The van der Waals surface area contributed by atoms with E-state index in [1.807, 2.05) is 54.6 Å². The van der Waals surface area contributed by atoms with Gasteiger partial charge in [-0.25, -0.2) is 0 Å². The standard InChI is InChI=1S/C23H23N5O4S/c1-3-10-27-21(30)16-6-4-5-7-17(16)28-22(27)25-26-23(28)33-14(2)20(29)24-12-15-8-9-18-19(11-15)32-13-31-18/h4-9,11,14H,3,10,12-13H2,1-2H3,(H,24,29). The summed E-state index contributed by atoms with van der Waals surface area (Å²) in [5, 5.41) is 12.3. The highest BCUT2D eigenvalue weighted by molar-refractivity contribution is 8.00. The van der Waals surface area contributed by atoms with Crippen molar-refractivity contribution in [3.05, 3.63) is 58.4 Å². The van der Waals surface area contributed by atoms with Crippen molar-refractivity contribution in [2.45, 2.75) is 43.8 Å². The average molecular weight is 466 g/mol. The van der Waals surface area contributed by atoms with E-state index < -0.39 is 5.25 Å². The SMILES string of the molecule is CCCn1c(=O)c2ccccc2n2c(SC(C)C(=O)NCc3ccc4c(c3)OCO4)nnc12. The van der Waals surface area contributed by atoms with Crippen LogP contribution in [0.3, 0.4) is 0 Å². The minimum atomic E-state index is -0.420. The molecule has 0 bridgehead atoms. The van der Waals surface area contributed by atoms with E-state index in [4.69, 9.17) is 9.47 Å². The molecule has 1 N–H and O–H groups in total. The van der Waals surface area contributed by atoms with E-state index >= 15 is 0 Å². The molecule has 0 radical (unpaired) electrons. The molecule has 1 aliphatic rings. The van der Waals surface area contributed by atoms with Gasteiger partial charge in [-0.15, -0.1) is 10.2 Å². The first-order valence-electron chi connectivity index (χ1n) is 10.8. The Labute approximate surface area is 193 Å². The second-order valence-electron chi connectivity index (χ2n) is 7.76. The van der Waals surface area contributed by atoms with Gasteiger partial charge in [-0.1, -0.05) is 36.9 Å². The molecule has 0 fully saturated rings. The van der Waals surface area contributed by atoms with Crippen LogP contribution < -0.4 is 20.3 Å². The molecule has 2 aromatic heterocycles. The molecule has 0 spiro atoms. The number of amides is 1. The van der Waals surface area contributed by atoms with Crippen LogP contribution in [0.2, 0.25) is 0 Å². The van der Waals surface area contributed by atoms with Crippen molar-refractivity contribution in [2.75, 3.05) is 6.79 Å². The molecule has 10 heteroatoms. The Kier molecular flexibility index (Phi) is 5.67. The molecule has 1 unspecified atom stereocenters. The minimum absolute atomic E-state index is 0.0848. The van der Waals surface area contributed by atoms with E-state index in [0.29, 0.717) is 40.9 Å². The Morgan fingerprint density at radius 2 is 2.00 bits per heavy atom. The fourth-order valence-electron chi connectivity index (χ4n) is 3.83. The maximum Gasteiger partial charge on any atom is 0.262 e. The number of ether oxygens (including phenoxy) is 2. The number of carbonyl (C=O) groups is 1. The van der Waals surface area contributed by atoms with Crippen molar-refractivity contribution >= 4 is 34.3 Å². The molecule has 33 heavy (non-hydrogen) atoms. The van der Waals surface area contributed by atoms with Crippen LogP contribution in [0, 0.1) is 0 Å². The molecule has 2 aromatic carbocycles. The van der Waals surface area contributed by atoms with Gasteiger partial charge in [0.05, 0.1) is 16.2 Å². The Hall–Kier alpha value is -3.53. The molecule has 170 valence electrons. The largest absolute Gasteiger partial charge is 0.454 e. The molecule has 1 aliphatic heterocycles. The van der Waals surface area contributed by atoms with Crippen molar-refractivity contribution in [1.82, 2.24) is 24.5 Å². The number of nitrogens with one attached hydrogen (secondary N) is 1. The third-order valence-corrected chi connectivity index (χ3v) is 6.52. The van der Waals surface area contributed by atoms with Crippen molar-refractivity contribution in [2.24, 2.45) is 0 Å². The molecular formula is C23H23N5O4S. The van der Waals surface area contributed by atoms with Crippen LogP contribution in [-0.2, 0) is 17.9 Å². The fourth-order valence-corrected chi connectivity index (χ4v) is 4.71. The lowest BCUT2D eigenvalue weighted by atomic mass is 10.2. The number of thioether (sulfide) groups is 1. The molecule has 0 saturated heterocycles. The third-order valence-electron chi connectivity index (χ3n) is 5.48. The van der Waals surface area contributed by atoms with Gasteiger partial charge in [-0.3, -0.25) is 18.6 Å². The molecule has 1 atom stereocenters. The van der Waals surface area contributed by atoms with E-state index in [0.717, 1.165) is 17.5 Å². The van der Waals surface area contributed by atoms with Crippen molar-refractivity contribution < 1.29 is 14.3 Å². The third kappa shape index (κ3) is 3.91. The summed E-state index contributed by atoms with van der Waals surface area (Å²) in [5.41, 5.74) is 1.57. The molecule has 9 nitrogen and oxygen atoms in total. The van der Waals surface area contributed by atoms with Gasteiger partial charge in [0.25, 0.3) is 5.56 Å². The summed E-state index contributed by atoms with van der Waals surface area (Å²) in [6.45, 7) is 4.97. The number of hydrogen-bond acceptors (Lipinski definition) is 7. The van der Waals surface area contributed by atoms with E-state index in [9.17, 15) is 9.59 Å². The molecule has 0 aliphatic carbocycles. The zero-order valence-corrected chi connectivity index (χ0v) is 19.1. The maximum absolute atomic E-state index is 13.0. The van der Waals surface area contributed by atoms with Crippen LogP contribution in [-0.4, -0.2) is 37.1 Å². The number of carbonyl (C=O) groups excluding carboxylic acids is 1. The quantitative estimate of drug-likeness (QED) is 0.419. The lowest BCUT2D eigenvalue weighted by molar-refractivity contribution is -0.120. The summed E-state index contributed by atoms with van der Waals surface area (Å²) in [6.07, 6.45) is 0.794. The van der Waals surface area contributed by atoms with Gasteiger partial charge in [0.1, 0.15) is 0 Å². The number of aryl methyl sites for hydroxylation is 1. The van der Waals surface area contributed by atoms with Crippen molar-refractivity contribution in [1.29, 1.82) is 0 Å². The van der Waals surface area contributed by atoms with Gasteiger partial charge in [0.15, 0.2) is 16.7 Å². The number of rotatable bonds is 7. The first-order chi connectivity index (χ1) is 16.1. The van der Waals surface area contributed by atoms with Crippen LogP contribution in [0.25, 0.3) is 16.7 Å². The lowest BCUT2D eigenvalue weighted by Gasteiger charge is -2.13. The smallest absolute Gasteiger partial charge is 0.262 e. The van der Waals surface area contributed by atoms with Gasteiger partial charge < -0.3 is 14.8 Å². The first-order valence-corrected chi connectivity index (χ1v) is 11.6. The molecule has 4 aromatic rings. The van der Waals surface area contributed by atoms with Crippen LogP contribution >= 0.6 is 11.8 Å². The molecular weight excluding hydrogens is 442 g/mol. The maximum atomic E-state index is 13.0. The Balaban J connectivity index is 1.38. The van der Waals surface area contributed by atoms with Gasteiger partial charge in [-0.2, -0.15) is 0 Å². The first kappa shape index (κ1) is 21.3. The predicted octanol–water partition coefficient (Wildman–Crippen LogP) is 2.98. The lowest BCUT2D eigenvalue weighted by Crippen LogP contribution is -2.30. The number of hydrogen-bond donors (Lipinski definition) is 1. The molecule has 3 heterocycles. The zero-order valence-electron chi connectivity index (χ0n) is 18.3. The molecule has 5 rings (SSSR count). The summed E-state index contributed by atoms with van der Waals surface area (Å²) >= 11 is 1.31. The van der Waals surface area contributed by atoms with Crippen LogP contribution in [0.5, 0.6) is 11.5 Å². The number of nitrogens with zero attached hydrogens (tertiary/aromatic N) is 4. The average Bonchev–Trinajstić information content (AvgIpc) is 3.47. The number of fused-ring (bicyclic) bond motifs is 4. The summed E-state index contributed by atoms with van der Waals surface area (Å²) < 4.78 is 14.2. The van der Waals surface area contributed by atoms with Crippen LogP contribution in [0.15, 0.2) is 52.4 Å². The second kappa shape index (κ2) is 8.78. The topological polar surface area (TPSA) is 99.8 Å². The van der Waals surface area contributed by atoms with Gasteiger partial charge in [-0.05, 0) is 43.2 Å². The zero-order chi connectivity index (χ0) is 22.9. The van der Waals surface area contributed by atoms with Gasteiger partial charge >= 0.3 is 0 Å². The fraction of sp³-hybridized carbons (Fsp3) is 0.304. The predicted molar refractivity (Wildman–Crippen MR) is 125 cm³/mol. The number of benzene rings is 2. The number of aromatic nitrogens is 4. The molecule has 1 amide bonds. The summed E-state index contributed by atoms with van der Waals surface area (Å²) in [7, 11) is 0. The van der Waals surface area contributed by atoms with Gasteiger partial charge in [0.2, 0.25) is 18.5 Å². The van der Waals surface area contributed by atoms with Crippen molar-refractivity contribution in [3.8, 4) is 11.5 Å². The number of para-hydroxylation sites is 1. The van der Waals surface area contributed by atoms with Gasteiger partial charge in [0, 0.05) is 13.1 Å². The van der Waals surface area contributed by atoms with E-state index in [1.165, 1.54) is 11.8 Å². The van der Waals surface area contributed by atoms with E-state index in [-0.39, 0.29) is 18.3 Å². The molecule has 0 saturated carbocycles. The summed E-state index contributed by atoms with van der Waals surface area (Å²) in [5.74, 6) is 1.75. The highest BCUT2D eigenvalue weighted by Crippen LogP contribution is 2.32. The van der Waals surface area contributed by atoms with Crippen LogP contribution in [0.1, 0.15) is 25.8 Å². The highest BCUT2D eigenvalue weighted by atomic mass is 32.2. The Morgan fingerprint density at radius 3 is 2.85 bits per heavy atom. The van der Waals surface area contributed by atoms with Crippen LogP contribution in [0.4, 0.5) is 0 Å². The second-order valence-corrected chi connectivity index (χ2v) is 9.07. The van der Waals surface area contributed by atoms with E-state index in [2.05, 4.69) is 15.5 Å². The monoisotopic (exact) mass is 465 g/mol. The highest BCUT2D eigenvalue weighted by Gasteiger charge is 2.21. The summed E-state index contributed by atoms with van der Waals surface area (Å²) in [6, 6.07) is 13.0. The Morgan fingerprint density at radius 1 is 1.18 bits per heavy atom. The van der Waals surface area contributed by atoms with Crippen molar-refractivity contribution in [3.63, 3.8) is 0 Å². The normalized spacial score (nSPS) is 13.5. The minimum Gasteiger partial charge on any atom is -0.454 e. The Bertz CT molecular complexity index is 1410. The summed E-state index contributed by atoms with van der Waals surface area (Å²) in [4.78, 5) is 25.8.